The van der Waals surface area contributed by atoms with Crippen molar-refractivity contribution in [1.82, 2.24) is 24.0 Å². The molecule has 1 N–H and O–H groups in total. The Kier molecular flexibility index (Phi) is 5.93. The summed E-state index contributed by atoms with van der Waals surface area (Å²) in [7, 11) is -2.17. The lowest BCUT2D eigenvalue weighted by Crippen LogP contribution is -2.38. The smallest absolute Gasteiger partial charge is 0.258 e. The Labute approximate surface area is 217 Å². The number of fused-ring (bicyclic) bond motifs is 1. The van der Waals surface area contributed by atoms with Crippen molar-refractivity contribution in [3.8, 4) is 22.8 Å². The number of amides is 1. The molecule has 13 heteroatoms. The summed E-state index contributed by atoms with van der Waals surface area (Å²) in [6.45, 7) is 1.35. The summed E-state index contributed by atoms with van der Waals surface area (Å²) in [5.74, 6) is -0.376. The van der Waals surface area contributed by atoms with Crippen LogP contribution in [0.1, 0.15) is 11.8 Å². The van der Waals surface area contributed by atoms with E-state index in [0.29, 0.717) is 24.3 Å². The summed E-state index contributed by atoms with van der Waals surface area (Å²) < 4.78 is 53.6. The number of rotatable bonds is 5. The molecule has 2 aromatic heterocycles. The number of aromatic nitrogens is 3. The quantitative estimate of drug-likeness (QED) is 0.479. The third-order valence-electron chi connectivity index (χ3n) is 6.83. The molecule has 0 radical (unpaired) electrons. The number of aliphatic hydroxyl groups excluding tert-OH is 1. The number of ether oxygens (including phenoxy) is 2. The lowest BCUT2D eigenvalue weighted by Gasteiger charge is -2.24. The van der Waals surface area contributed by atoms with E-state index in [-0.39, 0.29) is 48.4 Å². The van der Waals surface area contributed by atoms with E-state index in [1.165, 1.54) is 38.3 Å². The topological polar surface area (TPSA) is 127 Å². The molecular weight excluding hydrogens is 517 g/mol. The van der Waals surface area contributed by atoms with Crippen LogP contribution in [0.2, 0.25) is 0 Å². The van der Waals surface area contributed by atoms with Gasteiger partial charge in [-0.25, -0.2) is 17.8 Å². The lowest BCUT2D eigenvalue weighted by atomic mass is 10.0. The van der Waals surface area contributed by atoms with Crippen molar-refractivity contribution in [2.24, 2.45) is 7.05 Å². The molecule has 0 bridgehead atoms. The van der Waals surface area contributed by atoms with Crippen LogP contribution in [0.5, 0.6) is 11.6 Å². The maximum absolute atomic E-state index is 13.4. The highest BCUT2D eigenvalue weighted by molar-refractivity contribution is 7.89. The van der Waals surface area contributed by atoms with Crippen molar-refractivity contribution >= 4 is 15.9 Å². The molecule has 1 aromatic carbocycles. The SMILES string of the molecule is Cn1cc(-c2ccc(F)cc2)c(C(O)C(=O)N2CC3=C(C2)CN(S(=O)(=O)c2cnc4c(c2)OCCO4)C3)n1. The number of carbonyl (C=O) groups is 1. The first-order valence-electron chi connectivity index (χ1n) is 11.9. The van der Waals surface area contributed by atoms with E-state index < -0.39 is 27.9 Å². The molecular formula is C25H24FN5O6S. The zero-order valence-electron chi connectivity index (χ0n) is 20.4. The van der Waals surface area contributed by atoms with Gasteiger partial charge in [0.25, 0.3) is 11.8 Å². The van der Waals surface area contributed by atoms with Crippen LogP contribution in [0.3, 0.4) is 0 Å². The zero-order valence-corrected chi connectivity index (χ0v) is 21.2. The molecule has 1 unspecified atom stereocenters. The molecule has 5 heterocycles. The van der Waals surface area contributed by atoms with E-state index in [0.717, 1.165) is 11.1 Å². The molecule has 0 aliphatic carbocycles. The molecule has 0 saturated carbocycles. The van der Waals surface area contributed by atoms with Gasteiger partial charge in [0.2, 0.25) is 10.0 Å². The molecule has 38 heavy (non-hydrogen) atoms. The maximum atomic E-state index is 13.4. The first kappa shape index (κ1) is 24.5. The third-order valence-corrected chi connectivity index (χ3v) is 8.58. The molecule has 0 spiro atoms. The van der Waals surface area contributed by atoms with E-state index in [1.54, 1.807) is 25.4 Å². The maximum Gasteiger partial charge on any atom is 0.258 e. The molecule has 1 atom stereocenters. The minimum atomic E-state index is -3.85. The Hall–Kier alpha value is -3.81. The molecule has 0 saturated heterocycles. The van der Waals surface area contributed by atoms with Gasteiger partial charge in [-0.1, -0.05) is 12.1 Å². The van der Waals surface area contributed by atoms with Crippen molar-refractivity contribution in [3.63, 3.8) is 0 Å². The fraction of sp³-hybridized carbons (Fsp3) is 0.320. The first-order chi connectivity index (χ1) is 18.2. The molecule has 3 aromatic rings. The summed E-state index contributed by atoms with van der Waals surface area (Å²) >= 11 is 0. The van der Waals surface area contributed by atoms with Gasteiger partial charge in [0.05, 0.1) is 6.20 Å². The highest BCUT2D eigenvalue weighted by Gasteiger charge is 2.40. The minimum absolute atomic E-state index is 0.00903. The fourth-order valence-corrected chi connectivity index (χ4v) is 6.32. The predicted octanol–water partition coefficient (Wildman–Crippen LogP) is 1.27. The second-order valence-electron chi connectivity index (χ2n) is 9.36. The van der Waals surface area contributed by atoms with Gasteiger partial charge in [-0.3, -0.25) is 9.48 Å². The molecule has 6 rings (SSSR count). The van der Waals surface area contributed by atoms with Crippen LogP contribution >= 0.6 is 0 Å². The Morgan fingerprint density at radius 3 is 2.47 bits per heavy atom. The van der Waals surface area contributed by atoms with Gasteiger partial charge in [-0.2, -0.15) is 9.40 Å². The Balaban J connectivity index is 1.14. The van der Waals surface area contributed by atoms with Gasteiger partial charge >= 0.3 is 0 Å². The van der Waals surface area contributed by atoms with Gasteiger partial charge < -0.3 is 19.5 Å². The molecule has 0 fully saturated rings. The largest absolute Gasteiger partial charge is 0.484 e. The predicted molar refractivity (Wildman–Crippen MR) is 131 cm³/mol. The van der Waals surface area contributed by atoms with Gasteiger partial charge in [-0.15, -0.1) is 0 Å². The number of hydrogen-bond acceptors (Lipinski definition) is 8. The number of aliphatic hydroxyl groups is 1. The van der Waals surface area contributed by atoms with Crippen molar-refractivity contribution in [2.45, 2.75) is 11.0 Å². The highest BCUT2D eigenvalue weighted by Crippen LogP contribution is 2.35. The van der Waals surface area contributed by atoms with Crippen LogP contribution in [0.15, 0.2) is 58.8 Å². The van der Waals surface area contributed by atoms with Crippen LogP contribution < -0.4 is 9.47 Å². The van der Waals surface area contributed by atoms with E-state index in [4.69, 9.17) is 9.47 Å². The monoisotopic (exact) mass is 541 g/mol. The number of benzene rings is 1. The van der Waals surface area contributed by atoms with Gasteiger partial charge in [0, 0.05) is 51.1 Å². The van der Waals surface area contributed by atoms with E-state index >= 15 is 0 Å². The average Bonchev–Trinajstić information content (AvgIpc) is 3.61. The molecule has 11 nitrogen and oxygen atoms in total. The molecule has 198 valence electrons. The molecule has 1 amide bonds. The number of sulfonamides is 1. The Morgan fingerprint density at radius 1 is 1.08 bits per heavy atom. The van der Waals surface area contributed by atoms with Crippen LogP contribution in [0.4, 0.5) is 4.39 Å². The fourth-order valence-electron chi connectivity index (χ4n) is 4.93. The van der Waals surface area contributed by atoms with Crippen LogP contribution in [-0.2, 0) is 21.9 Å². The highest BCUT2D eigenvalue weighted by atomic mass is 32.2. The average molecular weight is 542 g/mol. The van der Waals surface area contributed by atoms with Crippen LogP contribution in [-0.4, -0.2) is 82.8 Å². The van der Waals surface area contributed by atoms with E-state index in [1.807, 2.05) is 0 Å². The number of carbonyl (C=O) groups excluding carboxylic acids is 1. The summed E-state index contributed by atoms with van der Waals surface area (Å²) in [6.07, 6.45) is 1.39. The summed E-state index contributed by atoms with van der Waals surface area (Å²) in [6, 6.07) is 7.14. The Bertz CT molecular complexity index is 1550. The lowest BCUT2D eigenvalue weighted by molar-refractivity contribution is -0.139. The number of nitrogens with zero attached hydrogens (tertiary/aromatic N) is 5. The number of hydrogen-bond donors (Lipinski definition) is 1. The number of halogens is 1. The van der Waals surface area contributed by atoms with Gasteiger partial charge in [-0.05, 0) is 28.8 Å². The number of aryl methyl sites for hydroxylation is 1. The molecule has 3 aliphatic heterocycles. The second kappa shape index (κ2) is 9.19. The van der Waals surface area contributed by atoms with Crippen molar-refractivity contribution in [3.05, 3.63) is 65.4 Å². The minimum Gasteiger partial charge on any atom is -0.484 e. The third kappa shape index (κ3) is 4.22. The van der Waals surface area contributed by atoms with Crippen molar-refractivity contribution < 1.29 is 32.2 Å². The van der Waals surface area contributed by atoms with Gasteiger partial charge in [0.15, 0.2) is 11.9 Å². The van der Waals surface area contributed by atoms with E-state index in [9.17, 15) is 22.7 Å². The van der Waals surface area contributed by atoms with Gasteiger partial charge in [0.1, 0.15) is 29.6 Å². The van der Waals surface area contributed by atoms with E-state index in [2.05, 4.69) is 10.1 Å². The zero-order chi connectivity index (χ0) is 26.6. The second-order valence-corrected chi connectivity index (χ2v) is 11.3. The molecule has 3 aliphatic rings. The van der Waals surface area contributed by atoms with Crippen LogP contribution in [0, 0.1) is 5.82 Å². The summed E-state index contributed by atoms with van der Waals surface area (Å²) in [5.41, 5.74) is 2.96. The standard InChI is InChI=1S/C25H24FN5O6S/c1-29-14-20(15-2-4-18(26)5-3-15)22(28-29)23(32)25(33)30-10-16-12-31(13-17(16)11-30)38(34,35)19-8-21-24(27-9-19)37-7-6-36-21/h2-5,8-9,14,23,32H,6-7,10-13H2,1H3. The van der Waals surface area contributed by atoms with Crippen molar-refractivity contribution in [1.29, 1.82) is 0 Å². The first-order valence-corrected chi connectivity index (χ1v) is 13.4. The normalized spacial score (nSPS) is 18.1. The van der Waals surface area contributed by atoms with Crippen LogP contribution in [0.25, 0.3) is 11.1 Å². The number of pyridine rings is 1. The van der Waals surface area contributed by atoms with Crippen molar-refractivity contribution in [2.75, 3.05) is 39.4 Å². The summed E-state index contributed by atoms with van der Waals surface area (Å²) in [5, 5.41) is 15.2. The Morgan fingerprint density at radius 2 is 1.76 bits per heavy atom. The summed E-state index contributed by atoms with van der Waals surface area (Å²) in [4.78, 5) is 18.8.